The Morgan fingerprint density at radius 1 is 1.17 bits per heavy atom. The van der Waals surface area contributed by atoms with E-state index in [0.29, 0.717) is 24.4 Å². The van der Waals surface area contributed by atoms with Crippen molar-refractivity contribution in [2.24, 2.45) is 5.92 Å². The Morgan fingerprint density at radius 2 is 1.93 bits per heavy atom. The second kappa shape index (κ2) is 8.43. The predicted octanol–water partition coefficient (Wildman–Crippen LogP) is 5.13. The van der Waals surface area contributed by atoms with E-state index in [1.807, 2.05) is 30.0 Å². The number of fused-ring (bicyclic) bond motifs is 1. The molecule has 5 nitrogen and oxygen atoms in total. The highest BCUT2D eigenvalue weighted by Gasteiger charge is 2.39. The average molecular weight is 532 g/mol. The number of carbonyl (C=O) groups is 1. The van der Waals surface area contributed by atoms with Crippen molar-refractivity contribution >= 4 is 60.7 Å². The van der Waals surface area contributed by atoms with Gasteiger partial charge in [0.2, 0.25) is 15.9 Å². The molecule has 4 rings (SSSR count). The topological polar surface area (TPSA) is 57.7 Å². The molecule has 0 bridgehead atoms. The summed E-state index contributed by atoms with van der Waals surface area (Å²) in [6, 6.07) is 10.3. The van der Waals surface area contributed by atoms with Gasteiger partial charge in [0.1, 0.15) is 4.90 Å². The predicted molar refractivity (Wildman–Crippen MR) is 123 cm³/mol. The quantitative estimate of drug-likeness (QED) is 0.551. The Bertz CT molecular complexity index is 1110. The van der Waals surface area contributed by atoms with Gasteiger partial charge >= 0.3 is 0 Å². The average Bonchev–Trinajstić information content (AvgIpc) is 3.04. The molecule has 2 aliphatic heterocycles. The number of benzene rings is 2. The number of hydrogen-bond acceptors (Lipinski definition) is 3. The third kappa shape index (κ3) is 4.02. The molecule has 0 spiro atoms. The molecule has 2 aliphatic rings. The van der Waals surface area contributed by atoms with Crippen LogP contribution in [-0.2, 0) is 21.2 Å². The lowest BCUT2D eigenvalue weighted by Crippen LogP contribution is -2.48. The van der Waals surface area contributed by atoms with Crippen LogP contribution in [0, 0.1) is 5.92 Å². The van der Waals surface area contributed by atoms with E-state index in [9.17, 15) is 13.2 Å². The van der Waals surface area contributed by atoms with Crippen molar-refractivity contribution in [3.05, 3.63) is 56.5 Å². The molecule has 2 heterocycles. The van der Waals surface area contributed by atoms with Crippen molar-refractivity contribution in [1.82, 2.24) is 4.31 Å². The van der Waals surface area contributed by atoms with E-state index in [4.69, 9.17) is 23.2 Å². The number of anilines is 1. The number of sulfonamides is 1. The molecule has 2 atom stereocenters. The monoisotopic (exact) mass is 530 g/mol. The first-order valence-electron chi connectivity index (χ1n) is 9.75. The zero-order valence-corrected chi connectivity index (χ0v) is 20.2. The van der Waals surface area contributed by atoms with Gasteiger partial charge in [0.05, 0.1) is 10.9 Å². The molecule has 0 N–H and O–H groups in total. The van der Waals surface area contributed by atoms with Gasteiger partial charge in [0, 0.05) is 34.3 Å². The number of nitrogens with zero attached hydrogens (tertiary/aromatic N) is 2. The zero-order valence-electron chi connectivity index (χ0n) is 16.3. The van der Waals surface area contributed by atoms with Gasteiger partial charge in [0.25, 0.3) is 0 Å². The molecule has 0 radical (unpaired) electrons. The van der Waals surface area contributed by atoms with Gasteiger partial charge in [-0.1, -0.05) is 39.1 Å². The summed E-state index contributed by atoms with van der Waals surface area (Å²) < 4.78 is 28.7. The molecule has 1 amide bonds. The van der Waals surface area contributed by atoms with E-state index in [-0.39, 0.29) is 28.4 Å². The highest BCUT2D eigenvalue weighted by Crippen LogP contribution is 2.37. The van der Waals surface area contributed by atoms with Gasteiger partial charge in [-0.15, -0.1) is 0 Å². The molecule has 0 unspecified atom stereocenters. The Labute approximate surface area is 195 Å². The minimum absolute atomic E-state index is 0.0190. The van der Waals surface area contributed by atoms with Crippen LogP contribution in [-0.4, -0.2) is 37.8 Å². The molecule has 0 aliphatic carbocycles. The summed E-state index contributed by atoms with van der Waals surface area (Å²) in [6.07, 6.45) is 2.06. The van der Waals surface area contributed by atoms with Crippen molar-refractivity contribution in [3.63, 3.8) is 0 Å². The van der Waals surface area contributed by atoms with Gasteiger partial charge in [0.15, 0.2) is 0 Å². The van der Waals surface area contributed by atoms with E-state index in [1.54, 1.807) is 6.07 Å². The smallest absolute Gasteiger partial charge is 0.244 e. The van der Waals surface area contributed by atoms with Crippen LogP contribution in [0.2, 0.25) is 10.0 Å². The fourth-order valence-corrected chi connectivity index (χ4v) is 6.98. The Morgan fingerprint density at radius 3 is 2.70 bits per heavy atom. The van der Waals surface area contributed by atoms with Crippen molar-refractivity contribution < 1.29 is 13.2 Å². The molecule has 9 heteroatoms. The molecule has 0 saturated carbocycles. The Kier molecular flexibility index (Phi) is 6.21. The second-order valence-corrected chi connectivity index (χ2v) is 11.5. The van der Waals surface area contributed by atoms with Crippen LogP contribution >= 0.6 is 39.1 Å². The van der Waals surface area contributed by atoms with Crippen LogP contribution in [0.5, 0.6) is 0 Å². The van der Waals surface area contributed by atoms with Crippen molar-refractivity contribution in [1.29, 1.82) is 0 Å². The minimum Gasteiger partial charge on any atom is -0.309 e. The maximum atomic E-state index is 13.4. The van der Waals surface area contributed by atoms with Crippen molar-refractivity contribution in [2.45, 2.75) is 37.1 Å². The summed E-state index contributed by atoms with van der Waals surface area (Å²) in [5, 5.41) is 0.428. The molecular weight excluding hydrogens is 511 g/mol. The lowest BCUT2D eigenvalue weighted by Gasteiger charge is -2.34. The van der Waals surface area contributed by atoms with E-state index in [2.05, 4.69) is 15.9 Å². The molecule has 1 fully saturated rings. The number of amides is 1. The van der Waals surface area contributed by atoms with E-state index < -0.39 is 15.9 Å². The van der Waals surface area contributed by atoms with Crippen LogP contribution in [0.25, 0.3) is 0 Å². The molecule has 160 valence electrons. The lowest BCUT2D eigenvalue weighted by molar-refractivity contribution is -0.123. The number of carbonyl (C=O) groups excluding carboxylic acids is 1. The first-order chi connectivity index (χ1) is 14.2. The first kappa shape index (κ1) is 22.1. The molecule has 30 heavy (non-hydrogen) atoms. The van der Waals surface area contributed by atoms with Gasteiger partial charge in [-0.05, 0) is 68.1 Å². The molecule has 0 aromatic heterocycles. The van der Waals surface area contributed by atoms with E-state index in [1.165, 1.54) is 16.4 Å². The second-order valence-electron chi connectivity index (χ2n) is 7.81. The van der Waals surface area contributed by atoms with E-state index >= 15 is 0 Å². The standard InChI is InChI=1S/C21H21BrCl2N2O3S/c1-13-9-15-10-16(22)4-7-19(15)26(13)21(27)14-3-2-8-25(12-14)30(28,29)20-11-17(23)5-6-18(20)24/h4-7,10-11,13-14H,2-3,8-9,12H2,1H3/t13-,14-/m0/s1. The fourth-order valence-electron chi connectivity index (χ4n) is 4.31. The number of hydrogen-bond donors (Lipinski definition) is 0. The summed E-state index contributed by atoms with van der Waals surface area (Å²) in [6.45, 7) is 2.52. The third-order valence-corrected chi connectivity index (χ3v) is 8.81. The van der Waals surface area contributed by atoms with Gasteiger partial charge in [-0.25, -0.2) is 8.42 Å². The summed E-state index contributed by atoms with van der Waals surface area (Å²) in [4.78, 5) is 15.2. The zero-order chi connectivity index (χ0) is 21.6. The van der Waals surface area contributed by atoms with Gasteiger partial charge in [-0.3, -0.25) is 4.79 Å². The van der Waals surface area contributed by atoms with Crippen LogP contribution in [0.3, 0.4) is 0 Å². The Hall–Kier alpha value is -1.12. The largest absolute Gasteiger partial charge is 0.309 e. The van der Waals surface area contributed by atoms with Gasteiger partial charge < -0.3 is 4.90 Å². The summed E-state index contributed by atoms with van der Waals surface area (Å²) in [7, 11) is -3.84. The molecular formula is C21H21BrCl2N2O3S. The van der Waals surface area contributed by atoms with Crippen LogP contribution in [0.15, 0.2) is 45.8 Å². The summed E-state index contributed by atoms with van der Waals surface area (Å²) in [5.41, 5.74) is 2.03. The minimum atomic E-state index is -3.84. The third-order valence-electron chi connectivity index (χ3n) is 5.74. The van der Waals surface area contributed by atoms with Gasteiger partial charge in [-0.2, -0.15) is 4.31 Å². The van der Waals surface area contributed by atoms with Crippen molar-refractivity contribution in [3.8, 4) is 0 Å². The first-order valence-corrected chi connectivity index (χ1v) is 12.7. The maximum Gasteiger partial charge on any atom is 0.244 e. The SMILES string of the molecule is C[C@H]1Cc2cc(Br)ccc2N1C(=O)[C@H]1CCCN(S(=O)(=O)c2cc(Cl)ccc2Cl)C1. The number of rotatable bonds is 3. The molecule has 1 saturated heterocycles. The highest BCUT2D eigenvalue weighted by molar-refractivity contribution is 9.10. The highest BCUT2D eigenvalue weighted by atomic mass is 79.9. The number of piperidine rings is 1. The molecule has 2 aromatic rings. The maximum absolute atomic E-state index is 13.4. The fraction of sp³-hybridized carbons (Fsp3) is 0.381. The van der Waals surface area contributed by atoms with Crippen LogP contribution in [0.4, 0.5) is 5.69 Å². The normalized spacial score (nSPS) is 22.2. The molecule has 2 aromatic carbocycles. The lowest BCUT2D eigenvalue weighted by atomic mass is 9.97. The summed E-state index contributed by atoms with van der Waals surface area (Å²) >= 11 is 15.6. The van der Waals surface area contributed by atoms with Crippen LogP contribution in [0.1, 0.15) is 25.3 Å². The van der Waals surface area contributed by atoms with Crippen LogP contribution < -0.4 is 4.90 Å². The Balaban J connectivity index is 1.59. The number of halogens is 3. The summed E-state index contributed by atoms with van der Waals surface area (Å²) in [5.74, 6) is -0.427. The van der Waals surface area contributed by atoms with Crippen molar-refractivity contribution in [2.75, 3.05) is 18.0 Å². The van der Waals surface area contributed by atoms with E-state index in [0.717, 1.165) is 22.1 Å².